The molecule has 0 spiro atoms. The van der Waals surface area contributed by atoms with Gasteiger partial charge in [-0.3, -0.25) is 14.6 Å². The quantitative estimate of drug-likeness (QED) is 0.456. The molecule has 3 N–H and O–H groups in total. The Labute approximate surface area is 177 Å². The van der Waals surface area contributed by atoms with E-state index >= 15 is 0 Å². The molecule has 0 saturated carbocycles. The highest BCUT2D eigenvalue weighted by Crippen LogP contribution is 2.08. The minimum absolute atomic E-state index is 0.0126. The van der Waals surface area contributed by atoms with Crippen molar-refractivity contribution in [2.45, 2.75) is 19.8 Å². The van der Waals surface area contributed by atoms with E-state index in [2.05, 4.69) is 25.9 Å². The Morgan fingerprint density at radius 3 is 2.53 bits per heavy atom. The molecule has 0 aliphatic carbocycles. The van der Waals surface area contributed by atoms with Crippen molar-refractivity contribution in [3.8, 4) is 0 Å². The number of hydrogen-bond donors (Lipinski definition) is 3. The third-order valence-corrected chi connectivity index (χ3v) is 4.33. The normalized spacial score (nSPS) is 11.0. The molecule has 2 rings (SSSR count). The number of aryl methyl sites for hydroxylation is 1. The minimum atomic E-state index is -0.114. The van der Waals surface area contributed by atoms with Crippen LogP contribution in [0.1, 0.15) is 27.9 Å². The van der Waals surface area contributed by atoms with Crippen LogP contribution in [0, 0.1) is 6.92 Å². The molecule has 1 aromatic carbocycles. The Kier molecular flexibility index (Phi) is 8.80. The summed E-state index contributed by atoms with van der Waals surface area (Å²) in [6.07, 6.45) is 2.76. The maximum Gasteiger partial charge on any atom is 0.253 e. The van der Waals surface area contributed by atoms with Crippen LogP contribution in [0.2, 0.25) is 0 Å². The molecular formula is C22H30N6O2. The number of carbonyl (C=O) groups is 2. The molecule has 2 aromatic rings. The van der Waals surface area contributed by atoms with Crippen molar-refractivity contribution in [1.82, 2.24) is 20.5 Å². The predicted octanol–water partition coefficient (Wildman–Crippen LogP) is 1.83. The summed E-state index contributed by atoms with van der Waals surface area (Å²) in [5, 5.41) is 9.11. The molecule has 2 amide bonds. The fourth-order valence-electron chi connectivity index (χ4n) is 2.71. The summed E-state index contributed by atoms with van der Waals surface area (Å²) in [7, 11) is 5.16. The number of nitrogens with zero attached hydrogens (tertiary/aromatic N) is 3. The fraction of sp³-hybridized carbons (Fsp3) is 0.364. The third-order valence-electron chi connectivity index (χ3n) is 4.33. The van der Waals surface area contributed by atoms with E-state index in [1.165, 1.54) is 0 Å². The molecule has 0 aliphatic heterocycles. The van der Waals surface area contributed by atoms with Gasteiger partial charge in [-0.25, -0.2) is 4.98 Å². The van der Waals surface area contributed by atoms with Gasteiger partial charge in [0.05, 0.1) is 0 Å². The minimum Gasteiger partial charge on any atom is -0.356 e. The number of aromatic nitrogens is 1. The van der Waals surface area contributed by atoms with Gasteiger partial charge < -0.3 is 20.9 Å². The van der Waals surface area contributed by atoms with E-state index in [-0.39, 0.29) is 11.8 Å². The van der Waals surface area contributed by atoms with E-state index in [4.69, 9.17) is 0 Å². The number of rotatable bonds is 8. The van der Waals surface area contributed by atoms with Crippen LogP contribution < -0.4 is 16.0 Å². The molecule has 1 heterocycles. The Morgan fingerprint density at radius 1 is 1.10 bits per heavy atom. The molecule has 1 aromatic heterocycles. The van der Waals surface area contributed by atoms with Crippen molar-refractivity contribution in [1.29, 1.82) is 0 Å². The summed E-state index contributed by atoms with van der Waals surface area (Å²) < 4.78 is 0. The molecule has 0 saturated heterocycles. The topological polar surface area (TPSA) is 98.7 Å². The zero-order chi connectivity index (χ0) is 21.9. The van der Waals surface area contributed by atoms with Crippen molar-refractivity contribution in [3.05, 3.63) is 59.3 Å². The first kappa shape index (κ1) is 22.9. The van der Waals surface area contributed by atoms with Crippen molar-refractivity contribution in [2.24, 2.45) is 4.99 Å². The Morgan fingerprint density at radius 2 is 1.87 bits per heavy atom. The van der Waals surface area contributed by atoms with E-state index in [0.29, 0.717) is 36.9 Å². The number of benzene rings is 1. The molecule has 0 bridgehead atoms. The van der Waals surface area contributed by atoms with Crippen LogP contribution >= 0.6 is 0 Å². The van der Waals surface area contributed by atoms with Gasteiger partial charge in [-0.05, 0) is 42.7 Å². The molecule has 8 nitrogen and oxygen atoms in total. The van der Waals surface area contributed by atoms with Gasteiger partial charge in [-0.2, -0.15) is 0 Å². The average Bonchev–Trinajstić information content (AvgIpc) is 2.73. The molecule has 30 heavy (non-hydrogen) atoms. The molecule has 0 aliphatic rings. The predicted molar refractivity (Wildman–Crippen MR) is 120 cm³/mol. The largest absolute Gasteiger partial charge is 0.356 e. The van der Waals surface area contributed by atoms with Crippen LogP contribution in [0.25, 0.3) is 0 Å². The summed E-state index contributed by atoms with van der Waals surface area (Å²) in [5.74, 6) is 1.04. The molecule has 8 heteroatoms. The number of anilines is 1. The van der Waals surface area contributed by atoms with Crippen LogP contribution in [-0.2, 0) is 11.2 Å². The maximum atomic E-state index is 12.1. The van der Waals surface area contributed by atoms with E-state index in [0.717, 1.165) is 17.5 Å². The van der Waals surface area contributed by atoms with E-state index in [1.807, 2.05) is 37.3 Å². The molecule has 0 unspecified atom stereocenters. The lowest BCUT2D eigenvalue weighted by atomic mass is 10.1. The Balaban J connectivity index is 1.72. The third kappa shape index (κ3) is 7.54. The smallest absolute Gasteiger partial charge is 0.253 e. The maximum absolute atomic E-state index is 12.1. The summed E-state index contributed by atoms with van der Waals surface area (Å²) >= 11 is 0. The van der Waals surface area contributed by atoms with Crippen LogP contribution in [-0.4, -0.2) is 61.9 Å². The number of amides is 2. The first-order valence-corrected chi connectivity index (χ1v) is 9.86. The van der Waals surface area contributed by atoms with Crippen LogP contribution in [0.4, 0.5) is 5.82 Å². The standard InChI is InChI=1S/C22H30N6O2/c1-16-8-9-19(26-15-16)27-20(29)11-13-25-22(23-2)24-12-10-17-6-5-7-18(14-17)21(30)28(3)4/h5-9,14-15H,10-13H2,1-4H3,(H2,23,24,25)(H,26,27,29). The second-order valence-electron chi connectivity index (χ2n) is 7.09. The highest BCUT2D eigenvalue weighted by Gasteiger charge is 2.08. The van der Waals surface area contributed by atoms with Gasteiger partial charge in [0.2, 0.25) is 5.91 Å². The van der Waals surface area contributed by atoms with Gasteiger partial charge in [0, 0.05) is 52.4 Å². The van der Waals surface area contributed by atoms with E-state index in [9.17, 15) is 9.59 Å². The zero-order valence-electron chi connectivity index (χ0n) is 18.0. The first-order valence-electron chi connectivity index (χ1n) is 9.86. The monoisotopic (exact) mass is 410 g/mol. The summed E-state index contributed by atoms with van der Waals surface area (Å²) in [5.41, 5.74) is 2.78. The number of carbonyl (C=O) groups excluding carboxylic acids is 2. The number of hydrogen-bond acceptors (Lipinski definition) is 4. The number of nitrogens with one attached hydrogen (secondary N) is 3. The SMILES string of the molecule is CN=C(NCCC(=O)Nc1ccc(C)cn1)NCCc1cccc(C(=O)N(C)C)c1. The van der Waals surface area contributed by atoms with Crippen molar-refractivity contribution in [3.63, 3.8) is 0 Å². The van der Waals surface area contributed by atoms with Crippen LogP contribution in [0.5, 0.6) is 0 Å². The van der Waals surface area contributed by atoms with E-state index in [1.54, 1.807) is 38.3 Å². The molecule has 0 atom stereocenters. The van der Waals surface area contributed by atoms with Gasteiger partial charge in [-0.1, -0.05) is 18.2 Å². The zero-order valence-corrected chi connectivity index (χ0v) is 18.0. The van der Waals surface area contributed by atoms with Gasteiger partial charge in [0.25, 0.3) is 5.91 Å². The molecule has 160 valence electrons. The second-order valence-corrected chi connectivity index (χ2v) is 7.09. The lowest BCUT2D eigenvalue weighted by molar-refractivity contribution is -0.116. The number of aliphatic imine (C=N–C) groups is 1. The van der Waals surface area contributed by atoms with Gasteiger partial charge in [-0.15, -0.1) is 0 Å². The lowest BCUT2D eigenvalue weighted by Gasteiger charge is -2.13. The van der Waals surface area contributed by atoms with Gasteiger partial charge in [0.1, 0.15) is 5.82 Å². The number of pyridine rings is 1. The Hall–Kier alpha value is -3.42. The highest BCUT2D eigenvalue weighted by atomic mass is 16.2. The first-order chi connectivity index (χ1) is 14.4. The highest BCUT2D eigenvalue weighted by molar-refractivity contribution is 5.94. The Bertz CT molecular complexity index is 877. The van der Waals surface area contributed by atoms with E-state index < -0.39 is 0 Å². The van der Waals surface area contributed by atoms with Crippen LogP contribution in [0.15, 0.2) is 47.6 Å². The second kappa shape index (κ2) is 11.5. The molecule has 0 fully saturated rings. The lowest BCUT2D eigenvalue weighted by Crippen LogP contribution is -2.39. The van der Waals surface area contributed by atoms with Gasteiger partial charge in [0.15, 0.2) is 5.96 Å². The summed E-state index contributed by atoms with van der Waals surface area (Å²) in [4.78, 5) is 34.0. The van der Waals surface area contributed by atoms with Crippen molar-refractivity contribution >= 4 is 23.6 Å². The van der Waals surface area contributed by atoms with Crippen LogP contribution in [0.3, 0.4) is 0 Å². The summed E-state index contributed by atoms with van der Waals surface area (Å²) in [6, 6.07) is 11.3. The summed E-state index contributed by atoms with van der Waals surface area (Å²) in [6.45, 7) is 3.05. The van der Waals surface area contributed by atoms with Crippen molar-refractivity contribution < 1.29 is 9.59 Å². The van der Waals surface area contributed by atoms with Crippen molar-refractivity contribution in [2.75, 3.05) is 39.5 Å². The molecular weight excluding hydrogens is 380 g/mol. The molecule has 0 radical (unpaired) electrons. The average molecular weight is 411 g/mol. The number of guanidine groups is 1. The fourth-order valence-corrected chi connectivity index (χ4v) is 2.71. The van der Waals surface area contributed by atoms with Gasteiger partial charge >= 0.3 is 0 Å².